The van der Waals surface area contributed by atoms with Gasteiger partial charge in [0.05, 0.1) is 5.02 Å². The molecular formula is C16H17ClF3N3. The molecule has 0 unspecified atom stereocenters. The van der Waals surface area contributed by atoms with E-state index >= 15 is 0 Å². The van der Waals surface area contributed by atoms with E-state index in [9.17, 15) is 13.2 Å². The predicted molar refractivity (Wildman–Crippen MR) is 82.4 cm³/mol. The molecule has 4 aliphatic carbocycles. The SMILES string of the molecule is FC(F)(F)c1cc(Cl)cnc1NN=C1C2CC3CC(C2)CC1C3. The molecule has 23 heavy (non-hydrogen) atoms. The Balaban J connectivity index is 1.60. The van der Waals surface area contributed by atoms with E-state index in [0.717, 1.165) is 49.3 Å². The summed E-state index contributed by atoms with van der Waals surface area (Å²) in [5.41, 5.74) is 2.74. The van der Waals surface area contributed by atoms with Crippen LogP contribution in [0.2, 0.25) is 5.02 Å². The van der Waals surface area contributed by atoms with E-state index in [1.54, 1.807) is 0 Å². The van der Waals surface area contributed by atoms with Crippen LogP contribution in [-0.4, -0.2) is 10.7 Å². The Morgan fingerprint density at radius 2 is 1.70 bits per heavy atom. The molecule has 5 rings (SSSR count). The van der Waals surface area contributed by atoms with Crippen molar-refractivity contribution >= 4 is 23.1 Å². The smallest absolute Gasteiger partial charge is 0.261 e. The summed E-state index contributed by atoms with van der Waals surface area (Å²) in [6, 6.07) is 0.883. The van der Waals surface area contributed by atoms with E-state index in [1.165, 1.54) is 12.6 Å². The largest absolute Gasteiger partial charge is 0.420 e. The number of aromatic nitrogens is 1. The van der Waals surface area contributed by atoms with Gasteiger partial charge >= 0.3 is 6.18 Å². The molecule has 0 atom stereocenters. The number of rotatable bonds is 2. The number of hydrogen-bond acceptors (Lipinski definition) is 3. The maximum Gasteiger partial charge on any atom is 0.420 e. The van der Waals surface area contributed by atoms with Gasteiger partial charge in [-0.15, -0.1) is 0 Å². The molecule has 0 radical (unpaired) electrons. The standard InChI is InChI=1S/C16H17ClF3N3/c17-12-6-13(16(18,19)20)15(21-7-12)23-22-14-10-2-8-1-9(4-10)5-11(14)3-8/h6-11H,1-5H2,(H,21,23). The van der Waals surface area contributed by atoms with Crippen LogP contribution in [0.25, 0.3) is 0 Å². The number of halogens is 4. The van der Waals surface area contributed by atoms with Crippen molar-refractivity contribution in [3.05, 3.63) is 22.8 Å². The van der Waals surface area contributed by atoms with Crippen LogP contribution in [0.1, 0.15) is 37.7 Å². The highest BCUT2D eigenvalue weighted by Crippen LogP contribution is 2.52. The third-order valence-corrected chi connectivity index (χ3v) is 5.63. The van der Waals surface area contributed by atoms with Gasteiger partial charge in [0.2, 0.25) is 0 Å². The summed E-state index contributed by atoms with van der Waals surface area (Å²) in [6.45, 7) is 0. The number of nitrogens with zero attached hydrogens (tertiary/aromatic N) is 2. The van der Waals surface area contributed by atoms with E-state index in [-0.39, 0.29) is 10.8 Å². The van der Waals surface area contributed by atoms with E-state index in [4.69, 9.17) is 11.6 Å². The summed E-state index contributed by atoms with van der Waals surface area (Å²) in [7, 11) is 0. The van der Waals surface area contributed by atoms with E-state index in [0.29, 0.717) is 11.8 Å². The lowest BCUT2D eigenvalue weighted by atomic mass is 9.55. The average molecular weight is 344 g/mol. The highest BCUT2D eigenvalue weighted by molar-refractivity contribution is 6.30. The second kappa shape index (κ2) is 5.36. The van der Waals surface area contributed by atoms with Gasteiger partial charge in [0.1, 0.15) is 5.56 Å². The van der Waals surface area contributed by atoms with Gasteiger partial charge in [-0.25, -0.2) is 4.98 Å². The van der Waals surface area contributed by atoms with Crippen LogP contribution >= 0.6 is 11.6 Å². The Kier molecular flexibility index (Phi) is 3.55. The first-order valence-electron chi connectivity index (χ1n) is 7.96. The normalized spacial score (nSPS) is 32.3. The van der Waals surface area contributed by atoms with Crippen LogP contribution < -0.4 is 5.43 Å². The second-order valence-corrected chi connectivity index (χ2v) is 7.44. The van der Waals surface area contributed by atoms with Crippen LogP contribution in [0.15, 0.2) is 17.4 Å². The molecule has 3 nitrogen and oxygen atoms in total. The van der Waals surface area contributed by atoms with Crippen molar-refractivity contribution in [1.82, 2.24) is 4.98 Å². The van der Waals surface area contributed by atoms with Crippen molar-refractivity contribution in [2.45, 2.75) is 38.3 Å². The summed E-state index contributed by atoms with van der Waals surface area (Å²) in [4.78, 5) is 3.78. The summed E-state index contributed by atoms with van der Waals surface area (Å²) < 4.78 is 39.3. The van der Waals surface area contributed by atoms with E-state index in [1.807, 2.05) is 0 Å². The first-order valence-corrected chi connectivity index (χ1v) is 8.34. The van der Waals surface area contributed by atoms with Crippen molar-refractivity contribution in [1.29, 1.82) is 0 Å². The Morgan fingerprint density at radius 3 is 2.26 bits per heavy atom. The number of alkyl halides is 3. The average Bonchev–Trinajstić information content (AvgIpc) is 2.46. The highest BCUT2D eigenvalue weighted by Gasteiger charge is 2.46. The monoisotopic (exact) mass is 343 g/mol. The molecule has 1 aromatic heterocycles. The fourth-order valence-corrected chi connectivity index (χ4v) is 4.87. The highest BCUT2D eigenvalue weighted by atomic mass is 35.5. The Morgan fingerprint density at radius 1 is 1.09 bits per heavy atom. The summed E-state index contributed by atoms with van der Waals surface area (Å²) in [5.74, 6) is 2.16. The van der Waals surface area contributed by atoms with Crippen molar-refractivity contribution < 1.29 is 13.2 Å². The van der Waals surface area contributed by atoms with Crippen LogP contribution in [0.5, 0.6) is 0 Å². The maximum atomic E-state index is 13.1. The Hall–Kier alpha value is -1.30. The summed E-state index contributed by atoms with van der Waals surface area (Å²) in [6.07, 6.45) is 2.55. The van der Waals surface area contributed by atoms with Crippen LogP contribution in [-0.2, 0) is 6.18 Å². The Bertz CT molecular complexity index is 626. The van der Waals surface area contributed by atoms with Gasteiger partial charge in [-0.1, -0.05) is 11.6 Å². The minimum Gasteiger partial charge on any atom is -0.261 e. The second-order valence-electron chi connectivity index (χ2n) is 7.00. The molecule has 4 bridgehead atoms. The molecule has 0 spiro atoms. The molecule has 0 amide bonds. The molecule has 4 fully saturated rings. The lowest BCUT2D eigenvalue weighted by Gasteiger charge is -2.50. The van der Waals surface area contributed by atoms with E-state index < -0.39 is 11.7 Å². The molecule has 0 aliphatic heterocycles. The third kappa shape index (κ3) is 2.82. The van der Waals surface area contributed by atoms with Crippen LogP contribution in [0.4, 0.5) is 19.0 Å². The van der Waals surface area contributed by atoms with Crippen molar-refractivity contribution in [3.63, 3.8) is 0 Å². The first-order chi connectivity index (χ1) is 10.9. The van der Waals surface area contributed by atoms with Gasteiger partial charge in [0.15, 0.2) is 5.82 Å². The quantitative estimate of drug-likeness (QED) is 0.769. The van der Waals surface area contributed by atoms with Crippen molar-refractivity contribution in [3.8, 4) is 0 Å². The van der Waals surface area contributed by atoms with E-state index in [2.05, 4.69) is 15.5 Å². The lowest BCUT2D eigenvalue weighted by Crippen LogP contribution is -2.45. The zero-order chi connectivity index (χ0) is 16.2. The number of pyridine rings is 1. The predicted octanol–water partition coefficient (Wildman–Crippen LogP) is 4.98. The number of anilines is 1. The first kappa shape index (κ1) is 15.2. The topological polar surface area (TPSA) is 37.3 Å². The molecule has 4 saturated carbocycles. The molecule has 7 heteroatoms. The van der Waals surface area contributed by atoms with Gasteiger partial charge in [-0.2, -0.15) is 18.3 Å². The minimum atomic E-state index is -4.51. The van der Waals surface area contributed by atoms with Gasteiger partial charge < -0.3 is 0 Å². The van der Waals surface area contributed by atoms with Crippen LogP contribution in [0, 0.1) is 23.7 Å². The molecule has 1 aromatic rings. The van der Waals surface area contributed by atoms with Crippen LogP contribution in [0.3, 0.4) is 0 Å². The van der Waals surface area contributed by atoms with Gasteiger partial charge in [-0.3, -0.25) is 5.43 Å². The Labute approximate surface area is 137 Å². The molecule has 1 heterocycles. The molecule has 1 N–H and O–H groups in total. The molecule has 0 saturated heterocycles. The van der Waals surface area contributed by atoms with Gasteiger partial charge in [-0.05, 0) is 61.8 Å². The van der Waals surface area contributed by atoms with Gasteiger partial charge in [0, 0.05) is 11.9 Å². The minimum absolute atomic E-state index is 0.0369. The molecule has 0 aromatic carbocycles. The fourth-order valence-electron chi connectivity index (χ4n) is 4.71. The zero-order valence-corrected chi connectivity index (χ0v) is 13.2. The summed E-state index contributed by atoms with van der Waals surface area (Å²) >= 11 is 5.64. The number of nitrogens with one attached hydrogen (secondary N) is 1. The zero-order valence-electron chi connectivity index (χ0n) is 12.4. The van der Waals surface area contributed by atoms with Crippen molar-refractivity contribution in [2.75, 3.05) is 5.43 Å². The molecule has 124 valence electrons. The number of hydrazone groups is 1. The van der Waals surface area contributed by atoms with Crippen molar-refractivity contribution in [2.24, 2.45) is 28.8 Å². The lowest BCUT2D eigenvalue weighted by molar-refractivity contribution is -0.137. The van der Waals surface area contributed by atoms with Gasteiger partial charge in [0.25, 0.3) is 0 Å². The number of hydrogen-bond donors (Lipinski definition) is 1. The summed E-state index contributed by atoms with van der Waals surface area (Å²) in [5, 5.41) is 4.32. The fraction of sp³-hybridized carbons (Fsp3) is 0.625. The maximum absolute atomic E-state index is 13.1. The molecule has 4 aliphatic rings. The molecular weight excluding hydrogens is 327 g/mol. The third-order valence-electron chi connectivity index (χ3n) is 5.43.